The van der Waals surface area contributed by atoms with Gasteiger partial charge in [0.05, 0.1) is 25.5 Å². The number of ether oxygens (including phenoxy) is 2. The van der Waals surface area contributed by atoms with Crippen molar-refractivity contribution in [3.05, 3.63) is 47.3 Å². The number of nitrogens with one attached hydrogen (secondary N) is 2. The Morgan fingerprint density at radius 1 is 1.15 bits per heavy atom. The van der Waals surface area contributed by atoms with Crippen molar-refractivity contribution in [2.45, 2.75) is 45.7 Å². The van der Waals surface area contributed by atoms with Crippen molar-refractivity contribution >= 4 is 29.9 Å². The second kappa shape index (κ2) is 15.1. The van der Waals surface area contributed by atoms with Crippen LogP contribution in [-0.4, -0.2) is 62.5 Å². The predicted octanol–water partition coefficient (Wildman–Crippen LogP) is 3.77. The van der Waals surface area contributed by atoms with Crippen LogP contribution in [0.4, 0.5) is 0 Å². The minimum atomic E-state index is 0. The molecule has 184 valence electrons. The van der Waals surface area contributed by atoms with Crippen LogP contribution in [0.5, 0.6) is 5.75 Å². The fourth-order valence-corrected chi connectivity index (χ4v) is 3.75. The summed E-state index contributed by atoms with van der Waals surface area (Å²) in [6.45, 7) is 10.7. The van der Waals surface area contributed by atoms with Gasteiger partial charge in [0, 0.05) is 45.2 Å². The van der Waals surface area contributed by atoms with E-state index in [0.29, 0.717) is 31.6 Å². The van der Waals surface area contributed by atoms with Crippen LogP contribution in [0.25, 0.3) is 0 Å². The Balaban J connectivity index is 0.00000385. The summed E-state index contributed by atoms with van der Waals surface area (Å²) < 4.78 is 16.8. The van der Waals surface area contributed by atoms with E-state index in [1.807, 2.05) is 18.2 Å². The third kappa shape index (κ3) is 9.13. The molecule has 0 atom stereocenters. The lowest BCUT2D eigenvalue weighted by Gasteiger charge is -2.26. The van der Waals surface area contributed by atoms with Gasteiger partial charge in [0.15, 0.2) is 11.7 Å². The van der Waals surface area contributed by atoms with Gasteiger partial charge in [-0.1, -0.05) is 31.1 Å². The van der Waals surface area contributed by atoms with Crippen molar-refractivity contribution in [3.63, 3.8) is 0 Å². The Hall–Kier alpha value is -1.85. The van der Waals surface area contributed by atoms with E-state index >= 15 is 0 Å². The van der Waals surface area contributed by atoms with Gasteiger partial charge in [0.1, 0.15) is 12.4 Å². The van der Waals surface area contributed by atoms with Gasteiger partial charge in [-0.15, -0.1) is 24.0 Å². The molecule has 8 nitrogen and oxygen atoms in total. The zero-order valence-electron chi connectivity index (χ0n) is 20.0. The average Bonchev–Trinajstić information content (AvgIpc) is 3.30. The standard InChI is InChI=1S/C24H37N5O3.HI/c1-4-20(5-2)23-16-22(32-28-23)18-27-24(25-3)26-17-19-7-6-8-21(15-19)31-14-11-29-9-12-30-13-10-29;/h6-8,15-16,20H,4-5,9-14,17-18H2,1-3H3,(H2,25,26,27);1H. The van der Waals surface area contributed by atoms with E-state index < -0.39 is 0 Å². The van der Waals surface area contributed by atoms with Gasteiger partial charge >= 0.3 is 0 Å². The van der Waals surface area contributed by atoms with Crippen LogP contribution in [0.15, 0.2) is 39.8 Å². The number of morpholine rings is 1. The van der Waals surface area contributed by atoms with Gasteiger partial charge in [-0.3, -0.25) is 9.89 Å². The van der Waals surface area contributed by atoms with Gasteiger partial charge in [0.25, 0.3) is 0 Å². The Kier molecular flexibility index (Phi) is 12.6. The van der Waals surface area contributed by atoms with Gasteiger partial charge in [-0.2, -0.15) is 0 Å². The van der Waals surface area contributed by atoms with Gasteiger partial charge in [0.2, 0.25) is 0 Å². The summed E-state index contributed by atoms with van der Waals surface area (Å²) in [6, 6.07) is 10.2. The molecule has 0 unspecified atom stereocenters. The molecule has 9 heteroatoms. The molecule has 0 saturated carbocycles. The van der Waals surface area contributed by atoms with Crippen molar-refractivity contribution in [2.75, 3.05) is 46.5 Å². The first-order valence-corrected chi connectivity index (χ1v) is 11.6. The Morgan fingerprint density at radius 3 is 2.64 bits per heavy atom. The summed E-state index contributed by atoms with van der Waals surface area (Å²) in [5.41, 5.74) is 2.16. The summed E-state index contributed by atoms with van der Waals surface area (Å²) in [7, 11) is 1.76. The number of aliphatic imine (C=N–C) groups is 1. The first kappa shape index (κ1) is 27.4. The minimum Gasteiger partial charge on any atom is -0.492 e. The number of nitrogens with zero attached hydrogens (tertiary/aromatic N) is 3. The van der Waals surface area contributed by atoms with E-state index in [1.165, 1.54) is 0 Å². The number of guanidine groups is 1. The van der Waals surface area contributed by atoms with Crippen LogP contribution >= 0.6 is 24.0 Å². The zero-order valence-corrected chi connectivity index (χ0v) is 22.3. The fraction of sp³-hybridized carbons (Fsp3) is 0.583. The molecule has 1 aromatic carbocycles. The van der Waals surface area contributed by atoms with Crippen molar-refractivity contribution in [1.29, 1.82) is 0 Å². The van der Waals surface area contributed by atoms with E-state index in [9.17, 15) is 0 Å². The number of aromatic nitrogens is 1. The highest BCUT2D eigenvalue weighted by molar-refractivity contribution is 14.0. The van der Waals surface area contributed by atoms with Gasteiger partial charge < -0.3 is 24.6 Å². The smallest absolute Gasteiger partial charge is 0.191 e. The Morgan fingerprint density at radius 2 is 1.91 bits per heavy atom. The van der Waals surface area contributed by atoms with Crippen molar-refractivity contribution in [2.24, 2.45) is 4.99 Å². The minimum absolute atomic E-state index is 0. The van der Waals surface area contributed by atoms with E-state index in [2.05, 4.69) is 51.7 Å². The molecular formula is C24H38IN5O3. The molecular weight excluding hydrogens is 533 g/mol. The van der Waals surface area contributed by atoms with E-state index in [-0.39, 0.29) is 24.0 Å². The highest BCUT2D eigenvalue weighted by Gasteiger charge is 2.13. The molecule has 0 amide bonds. The molecule has 1 saturated heterocycles. The molecule has 3 rings (SSSR count). The van der Waals surface area contributed by atoms with Gasteiger partial charge in [-0.25, -0.2) is 0 Å². The summed E-state index contributed by atoms with van der Waals surface area (Å²) in [5.74, 6) is 2.86. The quantitative estimate of drug-likeness (QED) is 0.241. The average molecular weight is 572 g/mol. The van der Waals surface area contributed by atoms with Crippen molar-refractivity contribution < 1.29 is 14.0 Å². The van der Waals surface area contributed by atoms with Crippen LogP contribution in [-0.2, 0) is 17.8 Å². The van der Waals surface area contributed by atoms with Crippen LogP contribution in [0.3, 0.4) is 0 Å². The highest BCUT2D eigenvalue weighted by Crippen LogP contribution is 2.22. The summed E-state index contributed by atoms with van der Waals surface area (Å²) in [4.78, 5) is 6.67. The first-order chi connectivity index (χ1) is 15.7. The zero-order chi connectivity index (χ0) is 22.6. The molecule has 1 fully saturated rings. The lowest BCUT2D eigenvalue weighted by atomic mass is 9.99. The molecule has 1 aromatic heterocycles. The largest absolute Gasteiger partial charge is 0.492 e. The first-order valence-electron chi connectivity index (χ1n) is 11.6. The van der Waals surface area contributed by atoms with Crippen LogP contribution in [0, 0.1) is 0 Å². The molecule has 0 aliphatic carbocycles. The maximum absolute atomic E-state index is 5.95. The van der Waals surface area contributed by atoms with E-state index in [4.69, 9.17) is 14.0 Å². The van der Waals surface area contributed by atoms with Crippen LogP contribution < -0.4 is 15.4 Å². The number of hydrogen-bond donors (Lipinski definition) is 2. The van der Waals surface area contributed by atoms with Crippen LogP contribution in [0.2, 0.25) is 0 Å². The lowest BCUT2D eigenvalue weighted by molar-refractivity contribution is 0.0322. The number of benzene rings is 1. The molecule has 2 heterocycles. The fourth-order valence-electron chi connectivity index (χ4n) is 3.75. The maximum Gasteiger partial charge on any atom is 0.191 e. The van der Waals surface area contributed by atoms with E-state index in [1.54, 1.807) is 7.05 Å². The number of halogens is 1. The molecule has 0 spiro atoms. The molecule has 2 aromatic rings. The second-order valence-electron chi connectivity index (χ2n) is 7.96. The van der Waals surface area contributed by atoms with Gasteiger partial charge in [-0.05, 0) is 30.5 Å². The highest BCUT2D eigenvalue weighted by atomic mass is 127. The topological polar surface area (TPSA) is 84.2 Å². The molecule has 2 N–H and O–H groups in total. The molecule has 1 aliphatic heterocycles. The molecule has 0 bridgehead atoms. The summed E-state index contributed by atoms with van der Waals surface area (Å²) in [6.07, 6.45) is 2.13. The van der Waals surface area contributed by atoms with Crippen molar-refractivity contribution in [3.8, 4) is 5.75 Å². The Bertz CT molecular complexity index is 835. The Labute approximate surface area is 214 Å². The predicted molar refractivity (Wildman–Crippen MR) is 141 cm³/mol. The maximum atomic E-state index is 5.95. The monoisotopic (exact) mass is 571 g/mol. The SMILES string of the molecule is CCC(CC)c1cc(CNC(=NC)NCc2cccc(OCCN3CCOCC3)c2)on1.I. The normalized spacial score (nSPS) is 14.7. The van der Waals surface area contributed by atoms with Crippen molar-refractivity contribution in [1.82, 2.24) is 20.7 Å². The summed E-state index contributed by atoms with van der Waals surface area (Å²) >= 11 is 0. The second-order valence-corrected chi connectivity index (χ2v) is 7.96. The third-order valence-electron chi connectivity index (χ3n) is 5.77. The number of rotatable bonds is 11. The van der Waals surface area contributed by atoms with Crippen LogP contribution in [0.1, 0.15) is 49.6 Å². The summed E-state index contributed by atoms with van der Waals surface area (Å²) in [5, 5.41) is 10.9. The number of hydrogen-bond acceptors (Lipinski definition) is 6. The third-order valence-corrected chi connectivity index (χ3v) is 5.77. The lowest BCUT2D eigenvalue weighted by Crippen LogP contribution is -2.38. The molecule has 33 heavy (non-hydrogen) atoms. The van der Waals surface area contributed by atoms with E-state index in [0.717, 1.165) is 68.5 Å². The molecule has 1 aliphatic rings. The molecule has 0 radical (unpaired) electrons.